The molecule has 1 aromatic rings. The van der Waals surface area contributed by atoms with Crippen molar-refractivity contribution in [1.29, 1.82) is 0 Å². The molecule has 0 aliphatic carbocycles. The van der Waals surface area contributed by atoms with E-state index >= 15 is 0 Å². The fourth-order valence-corrected chi connectivity index (χ4v) is 2.46. The third-order valence-electron chi connectivity index (χ3n) is 3.91. The summed E-state index contributed by atoms with van der Waals surface area (Å²) < 4.78 is 47.5. The first-order valence-corrected chi connectivity index (χ1v) is 8.59. The van der Waals surface area contributed by atoms with Crippen LogP contribution in [0.1, 0.15) is 39.9 Å². The third kappa shape index (κ3) is 7.44. The molecule has 0 saturated carbocycles. The minimum Gasteiger partial charge on any atom is -0.461 e. The van der Waals surface area contributed by atoms with Gasteiger partial charge in [0.25, 0.3) is 0 Å². The molecule has 0 saturated heterocycles. The molecular weight excluding hydrogens is 406 g/mol. The molecule has 30 heavy (non-hydrogen) atoms. The fourth-order valence-electron chi connectivity index (χ4n) is 2.46. The third-order valence-corrected chi connectivity index (χ3v) is 3.91. The smallest absolute Gasteiger partial charge is 0.426 e. The van der Waals surface area contributed by atoms with E-state index in [0.717, 1.165) is 0 Å². The molecule has 156 valence electrons. The van der Waals surface area contributed by atoms with Crippen LogP contribution < -0.4 is 0 Å². The van der Waals surface area contributed by atoms with Gasteiger partial charge in [-0.1, -0.05) is 36.2 Å². The van der Waals surface area contributed by atoms with Crippen LogP contribution >= 0.6 is 0 Å². The Balaban J connectivity index is 2.76. The van der Waals surface area contributed by atoms with E-state index in [-0.39, 0.29) is 24.5 Å². The molecule has 0 aliphatic rings. The van der Waals surface area contributed by atoms with E-state index in [1.54, 1.807) is 6.07 Å². The van der Waals surface area contributed by atoms with Crippen molar-refractivity contribution in [2.75, 3.05) is 6.61 Å². The zero-order chi connectivity index (χ0) is 22.9. The van der Waals surface area contributed by atoms with Crippen molar-refractivity contribution in [1.82, 2.24) is 0 Å². The first-order valence-electron chi connectivity index (χ1n) is 8.59. The van der Waals surface area contributed by atoms with E-state index < -0.39 is 49.6 Å². The fraction of sp³-hybridized carbons (Fsp3) is 0.471. The minimum absolute atomic E-state index is 0.0297. The Bertz CT molecular complexity index is 772. The highest BCUT2D eigenvalue weighted by Crippen LogP contribution is 2.26. The zero-order valence-corrected chi connectivity index (χ0v) is 15.7. The van der Waals surface area contributed by atoms with Crippen LogP contribution in [-0.4, -0.2) is 65.6 Å². The van der Waals surface area contributed by atoms with E-state index in [1.807, 2.05) is 0 Å². The van der Waals surface area contributed by atoms with Gasteiger partial charge in [0, 0.05) is 0 Å². The summed E-state index contributed by atoms with van der Waals surface area (Å²) in [6.07, 6.45) is -9.88. The molecule has 6 radical (unpaired) electrons. The summed E-state index contributed by atoms with van der Waals surface area (Å²) in [6, 6.07) is 3.13. The Morgan fingerprint density at radius 1 is 1.03 bits per heavy atom. The standard InChI is InChI=1S/C17H16B3F3O7/c18-6-9-3-10(7-19)12(8-20)11(4-9)16(26)28-2-1-14(24)29-13(17(21,22)23)5-15(25)30-27/h3-4,13,27H,1-2,5-8H2. The first-order chi connectivity index (χ1) is 14.1. The van der Waals surface area contributed by atoms with Crippen molar-refractivity contribution >= 4 is 41.4 Å². The number of carbonyl (C=O) groups is 3. The second kappa shape index (κ2) is 11.7. The molecule has 0 bridgehead atoms. The predicted octanol–water partition coefficient (Wildman–Crippen LogP) is 1.12. The van der Waals surface area contributed by atoms with Crippen molar-refractivity contribution in [3.63, 3.8) is 0 Å². The number of hydrogen-bond donors (Lipinski definition) is 1. The van der Waals surface area contributed by atoms with Gasteiger partial charge in [0.05, 0.1) is 41.9 Å². The summed E-state index contributed by atoms with van der Waals surface area (Å²) in [6.45, 7) is -0.596. The van der Waals surface area contributed by atoms with Gasteiger partial charge in [-0.25, -0.2) is 9.59 Å². The monoisotopic (exact) mass is 422 g/mol. The summed E-state index contributed by atoms with van der Waals surface area (Å²) in [5.41, 5.74) is 1.66. The number of alkyl halides is 3. The number of hydrogen-bond acceptors (Lipinski definition) is 7. The van der Waals surface area contributed by atoms with Crippen LogP contribution in [0.3, 0.4) is 0 Å². The Morgan fingerprint density at radius 3 is 2.20 bits per heavy atom. The van der Waals surface area contributed by atoms with Gasteiger partial charge >= 0.3 is 24.1 Å². The van der Waals surface area contributed by atoms with Crippen LogP contribution in [0.15, 0.2) is 12.1 Å². The molecule has 13 heteroatoms. The molecule has 0 spiro atoms. The topological polar surface area (TPSA) is 99.1 Å². The number of esters is 2. The van der Waals surface area contributed by atoms with E-state index in [0.29, 0.717) is 16.7 Å². The normalized spacial score (nSPS) is 12.1. The average molecular weight is 422 g/mol. The SMILES string of the molecule is [B]Cc1cc(C[B])c(C[B])c(C(=O)OCCC(=O)OC(CC(=O)OO)C(F)(F)F)c1. The minimum atomic E-state index is -5.07. The predicted molar refractivity (Wildman–Crippen MR) is 99.0 cm³/mol. The number of ether oxygens (including phenoxy) is 2. The molecule has 1 rings (SSSR count). The van der Waals surface area contributed by atoms with E-state index in [4.69, 9.17) is 33.5 Å². The van der Waals surface area contributed by atoms with Gasteiger partial charge < -0.3 is 14.4 Å². The molecule has 1 atom stereocenters. The van der Waals surface area contributed by atoms with Gasteiger partial charge in [0.2, 0.25) is 6.10 Å². The van der Waals surface area contributed by atoms with Gasteiger partial charge in [-0.3, -0.25) is 4.79 Å². The highest BCUT2D eigenvalue weighted by Gasteiger charge is 2.44. The highest BCUT2D eigenvalue weighted by molar-refractivity contribution is 6.12. The second-order valence-electron chi connectivity index (χ2n) is 5.97. The molecule has 7 nitrogen and oxygen atoms in total. The lowest BCUT2D eigenvalue weighted by Gasteiger charge is -2.19. The van der Waals surface area contributed by atoms with Crippen LogP contribution in [0.25, 0.3) is 0 Å². The van der Waals surface area contributed by atoms with E-state index in [2.05, 4.69) is 9.62 Å². The number of halogens is 3. The summed E-state index contributed by atoms with van der Waals surface area (Å²) in [4.78, 5) is 37.9. The summed E-state index contributed by atoms with van der Waals surface area (Å²) in [5.74, 6) is -3.89. The van der Waals surface area contributed by atoms with Crippen LogP contribution in [-0.2, 0) is 42.9 Å². The largest absolute Gasteiger partial charge is 0.461 e. The Morgan fingerprint density at radius 2 is 1.70 bits per heavy atom. The van der Waals surface area contributed by atoms with Gasteiger partial charge in [0.1, 0.15) is 6.61 Å². The van der Waals surface area contributed by atoms with Gasteiger partial charge in [0.15, 0.2) is 0 Å². The molecule has 0 fully saturated rings. The number of carbonyl (C=O) groups excluding carboxylic acids is 3. The lowest BCUT2D eigenvalue weighted by Crippen LogP contribution is -2.36. The molecule has 0 aromatic heterocycles. The van der Waals surface area contributed by atoms with Crippen molar-refractivity contribution < 1.29 is 47.2 Å². The van der Waals surface area contributed by atoms with Crippen molar-refractivity contribution in [2.45, 2.75) is 44.1 Å². The summed E-state index contributed by atoms with van der Waals surface area (Å²) in [5, 5.41) is 8.07. The van der Waals surface area contributed by atoms with Gasteiger partial charge in [-0.15, -0.1) is 0 Å². The zero-order valence-electron chi connectivity index (χ0n) is 15.7. The average Bonchev–Trinajstić information content (AvgIpc) is 2.70. The quantitative estimate of drug-likeness (QED) is 0.199. The van der Waals surface area contributed by atoms with Crippen LogP contribution in [0.2, 0.25) is 0 Å². The molecule has 0 heterocycles. The maximum absolute atomic E-state index is 12.8. The van der Waals surface area contributed by atoms with Crippen LogP contribution in [0.4, 0.5) is 13.2 Å². The number of benzene rings is 1. The molecule has 1 N–H and O–H groups in total. The Kier molecular flexibility index (Phi) is 9.97. The van der Waals surface area contributed by atoms with E-state index in [9.17, 15) is 27.6 Å². The molecule has 0 aliphatic heterocycles. The Hall–Kier alpha value is -2.43. The van der Waals surface area contributed by atoms with Crippen LogP contribution in [0, 0.1) is 0 Å². The summed E-state index contributed by atoms with van der Waals surface area (Å²) >= 11 is 0. The first kappa shape index (κ1) is 25.6. The van der Waals surface area contributed by atoms with Gasteiger partial charge in [-0.2, -0.15) is 18.4 Å². The maximum Gasteiger partial charge on any atom is 0.426 e. The second-order valence-corrected chi connectivity index (χ2v) is 5.97. The van der Waals surface area contributed by atoms with Crippen LogP contribution in [0.5, 0.6) is 0 Å². The van der Waals surface area contributed by atoms with Crippen molar-refractivity contribution in [2.24, 2.45) is 0 Å². The highest BCUT2D eigenvalue weighted by atomic mass is 19.4. The van der Waals surface area contributed by atoms with Crippen molar-refractivity contribution in [3.05, 3.63) is 34.4 Å². The summed E-state index contributed by atoms with van der Waals surface area (Å²) in [7, 11) is 16.9. The molecule has 0 amide bonds. The Labute approximate surface area is 174 Å². The molecular formula is C17H16B3F3O7. The maximum atomic E-state index is 12.8. The van der Waals surface area contributed by atoms with Crippen molar-refractivity contribution in [3.8, 4) is 0 Å². The lowest BCUT2D eigenvalue weighted by atomic mass is 9.81. The lowest BCUT2D eigenvalue weighted by molar-refractivity contribution is -0.250. The van der Waals surface area contributed by atoms with E-state index in [1.165, 1.54) is 6.07 Å². The number of rotatable bonds is 10. The van der Waals surface area contributed by atoms with Gasteiger partial charge in [-0.05, 0) is 11.6 Å². The molecule has 1 unspecified atom stereocenters. The molecule has 1 aromatic carbocycles.